The van der Waals surface area contributed by atoms with Crippen LogP contribution in [0, 0.1) is 0 Å². The van der Waals surface area contributed by atoms with Gasteiger partial charge in [0.25, 0.3) is 5.56 Å². The first-order valence-corrected chi connectivity index (χ1v) is 6.48. The Kier molecular flexibility index (Phi) is 5.85. The number of hydrogen-bond donors (Lipinski definition) is 2. The predicted molar refractivity (Wildman–Crippen MR) is 73.2 cm³/mol. The van der Waals surface area contributed by atoms with Crippen LogP contribution in [0.5, 0.6) is 0 Å². The van der Waals surface area contributed by atoms with Crippen LogP contribution in [0.2, 0.25) is 0 Å². The molecule has 1 heterocycles. The smallest absolute Gasteiger partial charge is 0.252 e. The van der Waals surface area contributed by atoms with Crippen molar-refractivity contribution in [3.05, 3.63) is 22.2 Å². The molecule has 0 aliphatic carbocycles. The van der Waals surface area contributed by atoms with E-state index in [4.69, 9.17) is 5.11 Å². The Morgan fingerprint density at radius 1 is 1.39 bits per heavy atom. The molecule has 102 valence electrons. The molecule has 1 aromatic rings. The van der Waals surface area contributed by atoms with Crippen molar-refractivity contribution >= 4 is 5.82 Å². The van der Waals surface area contributed by atoms with Gasteiger partial charge in [-0.2, -0.15) is 0 Å². The van der Waals surface area contributed by atoms with Crippen LogP contribution in [0.15, 0.2) is 10.9 Å². The van der Waals surface area contributed by atoms with Gasteiger partial charge in [-0.05, 0) is 19.3 Å². The Morgan fingerprint density at radius 2 is 2.11 bits per heavy atom. The molecule has 5 heteroatoms. The zero-order valence-electron chi connectivity index (χ0n) is 11.4. The second kappa shape index (κ2) is 7.16. The Morgan fingerprint density at radius 3 is 2.72 bits per heavy atom. The minimum atomic E-state index is -0.106. The molecule has 0 aromatic carbocycles. The zero-order chi connectivity index (χ0) is 13.5. The summed E-state index contributed by atoms with van der Waals surface area (Å²) in [4.78, 5) is 20.7. The molecular weight excluding hydrogens is 230 g/mol. The average Bonchev–Trinajstić information content (AvgIpc) is 2.33. The number of hydrogen-bond acceptors (Lipinski definition) is 4. The van der Waals surface area contributed by atoms with E-state index in [-0.39, 0.29) is 18.1 Å². The summed E-state index contributed by atoms with van der Waals surface area (Å²) in [6.45, 7) is 5.09. The summed E-state index contributed by atoms with van der Waals surface area (Å²) in [6.07, 6.45) is 2.80. The second-order valence-electron chi connectivity index (χ2n) is 4.85. The van der Waals surface area contributed by atoms with Gasteiger partial charge in [0.15, 0.2) is 0 Å². The maximum Gasteiger partial charge on any atom is 0.252 e. The zero-order valence-corrected chi connectivity index (χ0v) is 11.4. The van der Waals surface area contributed by atoms with Gasteiger partial charge in [0.2, 0.25) is 0 Å². The number of H-pyrrole nitrogens is 1. The molecule has 0 aliphatic heterocycles. The molecule has 0 atom stereocenters. The van der Waals surface area contributed by atoms with E-state index in [0.717, 1.165) is 31.6 Å². The van der Waals surface area contributed by atoms with Gasteiger partial charge in [0.05, 0.1) is 0 Å². The van der Waals surface area contributed by atoms with Gasteiger partial charge in [-0.25, -0.2) is 4.98 Å². The van der Waals surface area contributed by atoms with Crippen LogP contribution < -0.4 is 10.5 Å². The Hall–Kier alpha value is -1.36. The largest absolute Gasteiger partial charge is 0.396 e. The van der Waals surface area contributed by atoms with Crippen LogP contribution >= 0.6 is 0 Å². The molecule has 5 nitrogen and oxygen atoms in total. The van der Waals surface area contributed by atoms with Crippen LogP contribution in [0.25, 0.3) is 0 Å². The maximum atomic E-state index is 11.5. The van der Waals surface area contributed by atoms with Crippen LogP contribution in [0.4, 0.5) is 5.82 Å². The lowest BCUT2D eigenvalue weighted by Gasteiger charge is -2.18. The second-order valence-corrected chi connectivity index (χ2v) is 4.85. The monoisotopic (exact) mass is 253 g/mol. The van der Waals surface area contributed by atoms with Crippen molar-refractivity contribution < 1.29 is 5.11 Å². The first kappa shape index (κ1) is 14.7. The van der Waals surface area contributed by atoms with E-state index in [2.05, 4.69) is 9.97 Å². The van der Waals surface area contributed by atoms with Crippen LogP contribution in [-0.4, -0.2) is 35.3 Å². The summed E-state index contributed by atoms with van der Waals surface area (Å²) in [6, 6.07) is 1.53. The van der Waals surface area contributed by atoms with Gasteiger partial charge in [0, 0.05) is 32.2 Å². The molecule has 0 saturated heterocycles. The summed E-state index contributed by atoms with van der Waals surface area (Å²) in [5.74, 6) is 1.64. The molecule has 0 amide bonds. The summed E-state index contributed by atoms with van der Waals surface area (Å²) in [5.41, 5.74) is -0.106. The number of aliphatic hydroxyl groups is 1. The number of anilines is 1. The summed E-state index contributed by atoms with van der Waals surface area (Å²) in [5, 5.41) is 8.71. The fourth-order valence-electron chi connectivity index (χ4n) is 1.68. The van der Waals surface area contributed by atoms with Gasteiger partial charge >= 0.3 is 0 Å². The Balaban J connectivity index is 2.67. The first-order valence-electron chi connectivity index (χ1n) is 6.48. The van der Waals surface area contributed by atoms with Gasteiger partial charge in [-0.3, -0.25) is 4.79 Å². The first-order chi connectivity index (χ1) is 8.54. The van der Waals surface area contributed by atoms with E-state index in [9.17, 15) is 4.79 Å². The van der Waals surface area contributed by atoms with Crippen molar-refractivity contribution in [1.82, 2.24) is 9.97 Å². The van der Waals surface area contributed by atoms with E-state index in [1.807, 2.05) is 25.8 Å². The molecule has 0 fully saturated rings. The summed E-state index contributed by atoms with van der Waals surface area (Å²) >= 11 is 0. The Labute approximate surface area is 108 Å². The quantitative estimate of drug-likeness (QED) is 0.722. The minimum absolute atomic E-state index is 0.106. The van der Waals surface area contributed by atoms with E-state index < -0.39 is 0 Å². The van der Waals surface area contributed by atoms with E-state index in [1.54, 1.807) is 0 Å². The third-order valence-corrected chi connectivity index (χ3v) is 2.84. The topological polar surface area (TPSA) is 69.2 Å². The van der Waals surface area contributed by atoms with Gasteiger partial charge < -0.3 is 15.0 Å². The summed E-state index contributed by atoms with van der Waals surface area (Å²) in [7, 11) is 1.94. The van der Waals surface area contributed by atoms with E-state index >= 15 is 0 Å². The molecule has 1 rings (SSSR count). The van der Waals surface area contributed by atoms with Crippen molar-refractivity contribution in [3.8, 4) is 0 Å². The number of aromatic nitrogens is 2. The minimum Gasteiger partial charge on any atom is -0.396 e. The normalized spacial score (nSPS) is 10.9. The van der Waals surface area contributed by atoms with E-state index in [0.29, 0.717) is 5.82 Å². The molecule has 0 saturated carbocycles. The molecular formula is C13H23N3O2. The van der Waals surface area contributed by atoms with Crippen LogP contribution in [-0.2, 0) is 0 Å². The van der Waals surface area contributed by atoms with Gasteiger partial charge in [0.1, 0.15) is 11.6 Å². The average molecular weight is 253 g/mol. The molecule has 0 unspecified atom stereocenters. The highest BCUT2D eigenvalue weighted by Crippen LogP contribution is 2.12. The molecule has 1 aromatic heterocycles. The highest BCUT2D eigenvalue weighted by molar-refractivity contribution is 5.36. The molecule has 18 heavy (non-hydrogen) atoms. The van der Waals surface area contributed by atoms with Crippen LogP contribution in [0.3, 0.4) is 0 Å². The van der Waals surface area contributed by atoms with E-state index in [1.165, 1.54) is 6.07 Å². The predicted octanol–water partition coefficient (Wildman–Crippen LogP) is 1.49. The highest BCUT2D eigenvalue weighted by atomic mass is 16.2. The molecule has 0 spiro atoms. The lowest BCUT2D eigenvalue weighted by Crippen LogP contribution is -2.23. The van der Waals surface area contributed by atoms with Crippen molar-refractivity contribution in [2.75, 3.05) is 25.1 Å². The van der Waals surface area contributed by atoms with Gasteiger partial charge in [-0.1, -0.05) is 13.8 Å². The fraction of sp³-hybridized carbons (Fsp3) is 0.692. The number of nitrogens with one attached hydrogen (secondary N) is 1. The molecule has 0 aliphatic rings. The van der Waals surface area contributed by atoms with Crippen molar-refractivity contribution in [3.63, 3.8) is 0 Å². The van der Waals surface area contributed by atoms with Crippen LogP contribution in [0.1, 0.15) is 44.9 Å². The molecule has 0 radical (unpaired) electrons. The lowest BCUT2D eigenvalue weighted by atomic mass is 10.2. The maximum absolute atomic E-state index is 11.5. The fourth-order valence-corrected chi connectivity index (χ4v) is 1.68. The Bertz CT molecular complexity index is 415. The molecule has 0 bridgehead atoms. The third-order valence-electron chi connectivity index (χ3n) is 2.84. The third kappa shape index (κ3) is 4.49. The standard InChI is InChI=1S/C13H23N3O2/c1-10(2)13-14-11(9-12(18)15-13)16(3)7-5-4-6-8-17/h9-10,17H,4-8H2,1-3H3,(H,14,15,18). The number of aliphatic hydroxyl groups excluding tert-OH is 1. The van der Waals surface area contributed by atoms with Crippen molar-refractivity contribution in [2.24, 2.45) is 0 Å². The highest BCUT2D eigenvalue weighted by Gasteiger charge is 2.08. The number of aromatic amines is 1. The van der Waals surface area contributed by atoms with Gasteiger partial charge in [-0.15, -0.1) is 0 Å². The van der Waals surface area contributed by atoms with Crippen molar-refractivity contribution in [2.45, 2.75) is 39.0 Å². The lowest BCUT2D eigenvalue weighted by molar-refractivity contribution is 0.283. The van der Waals surface area contributed by atoms with Crippen molar-refractivity contribution in [1.29, 1.82) is 0 Å². The molecule has 2 N–H and O–H groups in total. The number of rotatable bonds is 7. The SMILES string of the molecule is CC(C)c1nc(N(C)CCCCCO)cc(=O)[nH]1. The number of nitrogens with zero attached hydrogens (tertiary/aromatic N) is 2. The number of unbranched alkanes of at least 4 members (excludes halogenated alkanes) is 2. The summed E-state index contributed by atoms with van der Waals surface area (Å²) < 4.78 is 0.